The van der Waals surface area contributed by atoms with E-state index in [0.29, 0.717) is 17.7 Å². The standard InChI is InChI=1S/C18H16N4O4S/c1-21-16-7-6-15(10-17(16)26-18(21)23)27(24,25)20-14-4-2-13(3-5-14)11-22-9-8-19-12-22/h2-10,12,20H,11H2,1H3. The number of benzene rings is 2. The van der Waals surface area contributed by atoms with Gasteiger partial charge in [0.1, 0.15) is 0 Å². The third-order valence-electron chi connectivity index (χ3n) is 4.20. The van der Waals surface area contributed by atoms with Crippen LogP contribution in [0.2, 0.25) is 0 Å². The summed E-state index contributed by atoms with van der Waals surface area (Å²) in [5.74, 6) is -0.541. The number of oxazole rings is 1. The van der Waals surface area contributed by atoms with Gasteiger partial charge in [-0.05, 0) is 29.8 Å². The van der Waals surface area contributed by atoms with Crippen molar-refractivity contribution in [3.63, 3.8) is 0 Å². The van der Waals surface area contributed by atoms with Crippen LogP contribution in [0, 0.1) is 0 Å². The van der Waals surface area contributed by atoms with Crippen LogP contribution in [0.1, 0.15) is 5.56 Å². The summed E-state index contributed by atoms with van der Waals surface area (Å²) in [6, 6.07) is 11.4. The van der Waals surface area contributed by atoms with Crippen molar-refractivity contribution in [2.75, 3.05) is 4.72 Å². The Morgan fingerprint density at radius 2 is 1.93 bits per heavy atom. The molecule has 0 radical (unpaired) electrons. The van der Waals surface area contributed by atoms with E-state index in [1.54, 1.807) is 37.8 Å². The second-order valence-electron chi connectivity index (χ2n) is 6.09. The third kappa shape index (κ3) is 3.36. The summed E-state index contributed by atoms with van der Waals surface area (Å²) in [4.78, 5) is 15.6. The number of fused-ring (bicyclic) bond motifs is 1. The van der Waals surface area contributed by atoms with Gasteiger partial charge in [-0.15, -0.1) is 0 Å². The van der Waals surface area contributed by atoms with Crippen LogP contribution in [0.15, 0.2) is 75.3 Å². The van der Waals surface area contributed by atoms with Crippen LogP contribution in [-0.2, 0) is 23.6 Å². The third-order valence-corrected chi connectivity index (χ3v) is 5.58. The largest absolute Gasteiger partial charge is 0.419 e. The second kappa shape index (κ2) is 6.44. The second-order valence-corrected chi connectivity index (χ2v) is 7.78. The Hall–Kier alpha value is -3.33. The molecule has 2 aromatic heterocycles. The topological polar surface area (TPSA) is 99.1 Å². The van der Waals surface area contributed by atoms with Crippen LogP contribution in [0.4, 0.5) is 5.69 Å². The molecule has 0 aliphatic heterocycles. The summed E-state index contributed by atoms with van der Waals surface area (Å²) in [5, 5.41) is 0. The summed E-state index contributed by atoms with van der Waals surface area (Å²) in [6.07, 6.45) is 5.28. The molecule has 0 atom stereocenters. The molecule has 0 unspecified atom stereocenters. The normalized spacial score (nSPS) is 11.7. The number of nitrogens with zero attached hydrogens (tertiary/aromatic N) is 3. The monoisotopic (exact) mass is 384 g/mol. The van der Waals surface area contributed by atoms with Gasteiger partial charge in [0.15, 0.2) is 5.58 Å². The molecule has 0 saturated carbocycles. The Morgan fingerprint density at radius 1 is 1.15 bits per heavy atom. The van der Waals surface area contributed by atoms with Crippen molar-refractivity contribution in [1.29, 1.82) is 0 Å². The lowest BCUT2D eigenvalue weighted by Gasteiger charge is -2.09. The molecule has 4 aromatic rings. The molecule has 0 aliphatic rings. The number of hydrogen-bond acceptors (Lipinski definition) is 5. The Bertz CT molecular complexity index is 1250. The van der Waals surface area contributed by atoms with E-state index < -0.39 is 15.8 Å². The number of imidazole rings is 1. The fourth-order valence-corrected chi connectivity index (χ4v) is 3.84. The van der Waals surface area contributed by atoms with Gasteiger partial charge in [-0.1, -0.05) is 12.1 Å². The lowest BCUT2D eigenvalue weighted by molar-refractivity contribution is 0.527. The number of aromatic nitrogens is 3. The minimum atomic E-state index is -3.81. The highest BCUT2D eigenvalue weighted by Crippen LogP contribution is 2.21. The van der Waals surface area contributed by atoms with E-state index >= 15 is 0 Å². The van der Waals surface area contributed by atoms with Gasteiger partial charge in [0, 0.05) is 37.7 Å². The van der Waals surface area contributed by atoms with E-state index in [1.807, 2.05) is 22.9 Å². The highest BCUT2D eigenvalue weighted by atomic mass is 32.2. The van der Waals surface area contributed by atoms with Gasteiger partial charge in [0.2, 0.25) is 0 Å². The molecule has 0 amide bonds. The molecule has 0 spiro atoms. The number of rotatable bonds is 5. The Kier molecular flexibility index (Phi) is 4.08. The zero-order chi connectivity index (χ0) is 19.0. The molecule has 2 aromatic carbocycles. The van der Waals surface area contributed by atoms with Crippen LogP contribution < -0.4 is 10.5 Å². The lowest BCUT2D eigenvalue weighted by Crippen LogP contribution is -2.13. The van der Waals surface area contributed by atoms with Gasteiger partial charge in [-0.2, -0.15) is 0 Å². The molecule has 27 heavy (non-hydrogen) atoms. The van der Waals surface area contributed by atoms with E-state index in [9.17, 15) is 13.2 Å². The lowest BCUT2D eigenvalue weighted by atomic mass is 10.2. The van der Waals surface area contributed by atoms with Crippen LogP contribution in [-0.4, -0.2) is 22.5 Å². The molecular weight excluding hydrogens is 368 g/mol. The predicted molar refractivity (Wildman–Crippen MR) is 100 cm³/mol. The Morgan fingerprint density at radius 3 is 2.63 bits per heavy atom. The molecule has 1 N–H and O–H groups in total. The number of anilines is 1. The van der Waals surface area contributed by atoms with Crippen LogP contribution in [0.25, 0.3) is 11.1 Å². The van der Waals surface area contributed by atoms with Crippen molar-refractivity contribution in [2.24, 2.45) is 7.05 Å². The van der Waals surface area contributed by atoms with Gasteiger partial charge in [0.25, 0.3) is 10.0 Å². The van der Waals surface area contributed by atoms with E-state index in [-0.39, 0.29) is 10.5 Å². The Labute approximate surface area is 154 Å². The summed E-state index contributed by atoms with van der Waals surface area (Å²) in [6.45, 7) is 0.650. The number of hydrogen-bond donors (Lipinski definition) is 1. The number of sulfonamides is 1. The van der Waals surface area contributed by atoms with Crippen LogP contribution in [0.3, 0.4) is 0 Å². The van der Waals surface area contributed by atoms with Crippen LogP contribution >= 0.6 is 0 Å². The molecule has 138 valence electrons. The molecule has 0 aliphatic carbocycles. The summed E-state index contributed by atoms with van der Waals surface area (Å²) < 4.78 is 36.1. The number of aryl methyl sites for hydroxylation is 1. The summed E-state index contributed by atoms with van der Waals surface area (Å²) in [5.41, 5.74) is 2.21. The van der Waals surface area contributed by atoms with Gasteiger partial charge >= 0.3 is 5.76 Å². The fraction of sp³-hybridized carbons (Fsp3) is 0.111. The smallest absolute Gasteiger partial charge is 0.408 e. The van der Waals surface area contributed by atoms with Gasteiger partial charge < -0.3 is 8.98 Å². The fourth-order valence-electron chi connectivity index (χ4n) is 2.76. The van der Waals surface area contributed by atoms with Crippen molar-refractivity contribution < 1.29 is 12.8 Å². The maximum Gasteiger partial charge on any atom is 0.419 e. The van der Waals surface area contributed by atoms with Crippen LogP contribution in [0.5, 0.6) is 0 Å². The highest BCUT2D eigenvalue weighted by Gasteiger charge is 2.17. The minimum Gasteiger partial charge on any atom is -0.408 e. The highest BCUT2D eigenvalue weighted by molar-refractivity contribution is 7.92. The average molecular weight is 384 g/mol. The first-order valence-corrected chi connectivity index (χ1v) is 9.58. The maximum atomic E-state index is 12.6. The molecular formula is C18H16N4O4S. The molecule has 9 heteroatoms. The molecule has 0 bridgehead atoms. The molecule has 8 nitrogen and oxygen atoms in total. The Balaban J connectivity index is 1.56. The van der Waals surface area contributed by atoms with Crippen molar-refractivity contribution in [2.45, 2.75) is 11.4 Å². The van der Waals surface area contributed by atoms with Gasteiger partial charge in [0.05, 0.1) is 16.7 Å². The molecule has 2 heterocycles. The van der Waals surface area contributed by atoms with E-state index in [4.69, 9.17) is 4.42 Å². The minimum absolute atomic E-state index is 0.0202. The SMILES string of the molecule is Cn1c(=O)oc2cc(S(=O)(=O)Nc3ccc(Cn4ccnc4)cc3)ccc21. The first-order valence-electron chi connectivity index (χ1n) is 8.09. The number of nitrogens with one attached hydrogen (secondary N) is 1. The maximum absolute atomic E-state index is 12.6. The van der Waals surface area contributed by atoms with E-state index in [0.717, 1.165) is 5.56 Å². The quantitative estimate of drug-likeness (QED) is 0.569. The van der Waals surface area contributed by atoms with Crippen molar-refractivity contribution in [1.82, 2.24) is 14.1 Å². The van der Waals surface area contributed by atoms with Crippen molar-refractivity contribution in [3.8, 4) is 0 Å². The average Bonchev–Trinajstić information content (AvgIpc) is 3.25. The summed E-state index contributed by atoms with van der Waals surface area (Å²) in [7, 11) is -2.25. The van der Waals surface area contributed by atoms with Crippen molar-refractivity contribution in [3.05, 3.63) is 77.3 Å². The first kappa shape index (κ1) is 17.1. The first-order chi connectivity index (χ1) is 12.9. The zero-order valence-corrected chi connectivity index (χ0v) is 15.2. The molecule has 0 saturated heterocycles. The van der Waals surface area contributed by atoms with E-state index in [2.05, 4.69) is 9.71 Å². The van der Waals surface area contributed by atoms with Crippen molar-refractivity contribution >= 4 is 26.8 Å². The van der Waals surface area contributed by atoms with Gasteiger partial charge in [-0.25, -0.2) is 18.2 Å². The van der Waals surface area contributed by atoms with Gasteiger partial charge in [-0.3, -0.25) is 9.29 Å². The zero-order valence-electron chi connectivity index (χ0n) is 14.4. The van der Waals surface area contributed by atoms with E-state index in [1.165, 1.54) is 16.7 Å². The molecule has 4 rings (SSSR count). The predicted octanol–water partition coefficient (Wildman–Crippen LogP) is 2.18. The summed E-state index contributed by atoms with van der Waals surface area (Å²) >= 11 is 0. The molecule has 0 fully saturated rings.